The summed E-state index contributed by atoms with van der Waals surface area (Å²) in [6.45, 7) is 3.03. The predicted molar refractivity (Wildman–Crippen MR) is 115 cm³/mol. The Hall–Kier alpha value is -2.10. The lowest BCUT2D eigenvalue weighted by atomic mass is 9.83. The van der Waals surface area contributed by atoms with E-state index in [9.17, 15) is 9.59 Å². The van der Waals surface area contributed by atoms with Crippen LogP contribution in [0.5, 0.6) is 0 Å². The first-order valence-corrected chi connectivity index (χ1v) is 11.2. The summed E-state index contributed by atoms with van der Waals surface area (Å²) in [4.78, 5) is 25.0. The lowest BCUT2D eigenvalue weighted by Crippen LogP contribution is -2.34. The first kappa shape index (κ1) is 23.2. The van der Waals surface area contributed by atoms with Crippen molar-refractivity contribution in [2.24, 2.45) is 11.8 Å². The van der Waals surface area contributed by atoms with E-state index in [1.165, 1.54) is 31.2 Å². The number of esters is 2. The zero-order chi connectivity index (χ0) is 20.7. The molecule has 0 saturated carbocycles. The fourth-order valence-electron chi connectivity index (χ4n) is 3.70. The summed E-state index contributed by atoms with van der Waals surface area (Å²) in [6, 6.07) is 10.2. The van der Waals surface area contributed by atoms with E-state index in [0.717, 1.165) is 25.7 Å². The molecule has 1 aliphatic carbocycles. The van der Waals surface area contributed by atoms with Crippen molar-refractivity contribution in [3.05, 3.63) is 48.0 Å². The largest absolute Gasteiger partial charge is 0.465 e. The summed E-state index contributed by atoms with van der Waals surface area (Å²) in [5.74, 6) is -1.37. The van der Waals surface area contributed by atoms with Crippen LogP contribution in [0, 0.1) is 11.8 Å². The van der Waals surface area contributed by atoms with Gasteiger partial charge in [0.2, 0.25) is 0 Å². The SMILES string of the molecule is CCCCCCCCOC(=O)C1CC=CCC1C(=O)OCCCc1ccccc1. The van der Waals surface area contributed by atoms with Crippen molar-refractivity contribution >= 4 is 11.9 Å². The number of allylic oxidation sites excluding steroid dienone is 2. The average molecular weight is 401 g/mol. The molecule has 0 heterocycles. The van der Waals surface area contributed by atoms with E-state index in [4.69, 9.17) is 9.47 Å². The van der Waals surface area contributed by atoms with Gasteiger partial charge in [-0.2, -0.15) is 0 Å². The molecular formula is C25H36O4. The maximum Gasteiger partial charge on any atom is 0.310 e. The third-order valence-electron chi connectivity index (χ3n) is 5.48. The summed E-state index contributed by atoms with van der Waals surface area (Å²) in [7, 11) is 0. The molecule has 0 aliphatic heterocycles. The van der Waals surface area contributed by atoms with E-state index in [1.807, 2.05) is 30.4 Å². The molecule has 1 aliphatic rings. The normalized spacial score (nSPS) is 18.4. The molecule has 1 aromatic rings. The third-order valence-corrected chi connectivity index (χ3v) is 5.48. The average Bonchev–Trinajstić information content (AvgIpc) is 2.76. The van der Waals surface area contributed by atoms with Gasteiger partial charge in [0.1, 0.15) is 0 Å². The Morgan fingerprint density at radius 3 is 1.97 bits per heavy atom. The van der Waals surface area contributed by atoms with Gasteiger partial charge in [-0.15, -0.1) is 0 Å². The number of carbonyl (C=O) groups is 2. The molecule has 0 amide bonds. The molecule has 0 radical (unpaired) electrons. The predicted octanol–water partition coefficient (Wildman–Crippen LogP) is 5.65. The van der Waals surface area contributed by atoms with Gasteiger partial charge in [0.15, 0.2) is 0 Å². The van der Waals surface area contributed by atoms with E-state index < -0.39 is 11.8 Å². The first-order valence-electron chi connectivity index (χ1n) is 11.2. The number of unbranched alkanes of at least 4 members (excludes halogenated alkanes) is 5. The molecule has 0 spiro atoms. The Morgan fingerprint density at radius 1 is 0.793 bits per heavy atom. The lowest BCUT2D eigenvalue weighted by molar-refractivity contribution is -0.161. The fourth-order valence-corrected chi connectivity index (χ4v) is 3.70. The second-order valence-corrected chi connectivity index (χ2v) is 7.85. The van der Waals surface area contributed by atoms with Gasteiger partial charge >= 0.3 is 11.9 Å². The number of hydrogen-bond donors (Lipinski definition) is 0. The summed E-state index contributed by atoms with van der Waals surface area (Å²) in [5.41, 5.74) is 1.24. The van der Waals surface area contributed by atoms with Crippen molar-refractivity contribution in [3.8, 4) is 0 Å². The van der Waals surface area contributed by atoms with Crippen LogP contribution in [0.2, 0.25) is 0 Å². The molecule has 0 bridgehead atoms. The van der Waals surface area contributed by atoms with Crippen molar-refractivity contribution in [2.75, 3.05) is 13.2 Å². The molecule has 0 N–H and O–H groups in total. The van der Waals surface area contributed by atoms with E-state index >= 15 is 0 Å². The molecule has 2 atom stereocenters. The number of hydrogen-bond acceptors (Lipinski definition) is 4. The Morgan fingerprint density at radius 2 is 1.34 bits per heavy atom. The molecule has 2 unspecified atom stereocenters. The van der Waals surface area contributed by atoms with Crippen molar-refractivity contribution in [2.45, 2.75) is 71.1 Å². The van der Waals surface area contributed by atoms with E-state index in [-0.39, 0.29) is 11.9 Å². The van der Waals surface area contributed by atoms with Crippen LogP contribution in [0.3, 0.4) is 0 Å². The zero-order valence-electron chi connectivity index (χ0n) is 17.8. The van der Waals surface area contributed by atoms with Crippen LogP contribution >= 0.6 is 0 Å². The lowest BCUT2D eigenvalue weighted by Gasteiger charge is -2.25. The van der Waals surface area contributed by atoms with Crippen LogP contribution in [0.25, 0.3) is 0 Å². The number of ether oxygens (including phenoxy) is 2. The Balaban J connectivity index is 1.68. The zero-order valence-corrected chi connectivity index (χ0v) is 17.8. The Labute approximate surface area is 175 Å². The van der Waals surface area contributed by atoms with Crippen molar-refractivity contribution < 1.29 is 19.1 Å². The molecule has 0 aromatic heterocycles. The van der Waals surface area contributed by atoms with Gasteiger partial charge in [-0.25, -0.2) is 0 Å². The van der Waals surface area contributed by atoms with Crippen molar-refractivity contribution in [1.29, 1.82) is 0 Å². The molecule has 0 fully saturated rings. The van der Waals surface area contributed by atoms with Crippen LogP contribution < -0.4 is 0 Å². The van der Waals surface area contributed by atoms with Gasteiger partial charge in [-0.1, -0.05) is 81.5 Å². The minimum Gasteiger partial charge on any atom is -0.465 e. The van der Waals surface area contributed by atoms with Crippen LogP contribution in [0.1, 0.15) is 70.3 Å². The summed E-state index contributed by atoms with van der Waals surface area (Å²) in [6.07, 6.45) is 13.6. The number of rotatable bonds is 13. The molecule has 4 heteroatoms. The second-order valence-electron chi connectivity index (χ2n) is 7.85. The first-order chi connectivity index (χ1) is 14.2. The van der Waals surface area contributed by atoms with E-state index in [2.05, 4.69) is 19.1 Å². The highest BCUT2D eigenvalue weighted by atomic mass is 16.5. The summed E-state index contributed by atoms with van der Waals surface area (Å²) in [5, 5.41) is 0. The molecule has 0 saturated heterocycles. The smallest absolute Gasteiger partial charge is 0.310 e. The standard InChI is InChI=1S/C25H36O4/c1-2-3-4-5-6-12-19-28-24(26)22-17-10-11-18-23(22)25(27)29-20-13-16-21-14-8-7-9-15-21/h7-11,14-15,22-23H,2-6,12-13,16-20H2,1H3. The van der Waals surface area contributed by atoms with Crippen LogP contribution in [0.4, 0.5) is 0 Å². The highest BCUT2D eigenvalue weighted by Gasteiger charge is 2.36. The maximum atomic E-state index is 12.5. The summed E-state index contributed by atoms with van der Waals surface area (Å²) < 4.78 is 11.0. The minimum absolute atomic E-state index is 0.255. The molecule has 29 heavy (non-hydrogen) atoms. The maximum absolute atomic E-state index is 12.5. The molecule has 160 valence electrons. The van der Waals surface area contributed by atoms with Crippen molar-refractivity contribution in [1.82, 2.24) is 0 Å². The monoisotopic (exact) mass is 400 g/mol. The van der Waals surface area contributed by atoms with Crippen LogP contribution in [0.15, 0.2) is 42.5 Å². The van der Waals surface area contributed by atoms with Crippen molar-refractivity contribution in [3.63, 3.8) is 0 Å². The van der Waals surface area contributed by atoms with Gasteiger partial charge < -0.3 is 9.47 Å². The van der Waals surface area contributed by atoms with E-state index in [1.54, 1.807) is 0 Å². The molecular weight excluding hydrogens is 364 g/mol. The number of benzene rings is 1. The Kier molecular flexibility index (Phi) is 11.2. The van der Waals surface area contributed by atoms with Gasteiger partial charge in [0.25, 0.3) is 0 Å². The minimum atomic E-state index is -0.422. The number of aryl methyl sites for hydroxylation is 1. The van der Waals surface area contributed by atoms with E-state index in [0.29, 0.717) is 26.1 Å². The quantitative estimate of drug-likeness (QED) is 0.244. The topological polar surface area (TPSA) is 52.6 Å². The highest BCUT2D eigenvalue weighted by molar-refractivity contribution is 5.82. The second kappa shape index (κ2) is 14.0. The molecule has 1 aromatic carbocycles. The van der Waals surface area contributed by atoms with Gasteiger partial charge in [-0.3, -0.25) is 9.59 Å². The highest BCUT2D eigenvalue weighted by Crippen LogP contribution is 2.28. The van der Waals surface area contributed by atoms with Gasteiger partial charge in [0, 0.05) is 0 Å². The van der Waals surface area contributed by atoms with Crippen LogP contribution in [-0.2, 0) is 25.5 Å². The van der Waals surface area contributed by atoms with Crippen LogP contribution in [-0.4, -0.2) is 25.2 Å². The molecule has 4 nitrogen and oxygen atoms in total. The van der Waals surface area contributed by atoms with Gasteiger partial charge in [-0.05, 0) is 37.7 Å². The fraction of sp³-hybridized carbons (Fsp3) is 0.600. The summed E-state index contributed by atoms with van der Waals surface area (Å²) >= 11 is 0. The molecule has 2 rings (SSSR count). The van der Waals surface area contributed by atoms with Gasteiger partial charge in [0.05, 0.1) is 25.0 Å². The Bertz CT molecular complexity index is 623. The number of carbonyl (C=O) groups excluding carboxylic acids is 2. The third kappa shape index (κ3) is 8.84.